The number of nitrogens with zero attached hydrogens (tertiary/aromatic N) is 4. The molecule has 0 aliphatic carbocycles. The van der Waals surface area contributed by atoms with Crippen LogP contribution in [0.1, 0.15) is 38.1 Å². The molecule has 0 saturated carbocycles. The number of pyridine rings is 1. The number of amides is 1. The van der Waals surface area contributed by atoms with Crippen molar-refractivity contribution in [3.05, 3.63) is 35.0 Å². The highest BCUT2D eigenvalue weighted by Gasteiger charge is 2.29. The van der Waals surface area contributed by atoms with Gasteiger partial charge in [0.05, 0.1) is 11.9 Å². The van der Waals surface area contributed by atoms with Gasteiger partial charge in [0.1, 0.15) is 16.2 Å². The lowest BCUT2D eigenvalue weighted by Gasteiger charge is -2.30. The zero-order chi connectivity index (χ0) is 22.2. The van der Waals surface area contributed by atoms with Gasteiger partial charge in [0.15, 0.2) is 5.82 Å². The average Bonchev–Trinajstić information content (AvgIpc) is 3.09. The van der Waals surface area contributed by atoms with Crippen LogP contribution in [0.3, 0.4) is 0 Å². The van der Waals surface area contributed by atoms with Crippen LogP contribution < -0.4 is 11.1 Å². The molecule has 4 heterocycles. The quantitative estimate of drug-likeness (QED) is 0.635. The van der Waals surface area contributed by atoms with Gasteiger partial charge in [0.25, 0.3) is 0 Å². The summed E-state index contributed by atoms with van der Waals surface area (Å²) in [5, 5.41) is 4.44. The first-order valence-electron chi connectivity index (χ1n) is 10.4. The zero-order valence-electron chi connectivity index (χ0n) is 18.3. The summed E-state index contributed by atoms with van der Waals surface area (Å²) in [5.74, 6) is 1.43. The minimum Gasteiger partial charge on any atom is -0.444 e. The summed E-state index contributed by atoms with van der Waals surface area (Å²) in [4.78, 5) is 30.1. The Labute approximate surface area is 185 Å². The second-order valence-electron chi connectivity index (χ2n) is 8.83. The molecule has 0 fully saturated rings. The van der Waals surface area contributed by atoms with Gasteiger partial charge in [-0.1, -0.05) is 0 Å². The molecule has 1 amide bonds. The van der Waals surface area contributed by atoms with Gasteiger partial charge in [0.2, 0.25) is 0 Å². The van der Waals surface area contributed by atoms with Crippen molar-refractivity contribution < 1.29 is 9.53 Å². The third-order valence-electron chi connectivity index (χ3n) is 4.88. The molecular weight excluding hydrogens is 412 g/mol. The van der Waals surface area contributed by atoms with Gasteiger partial charge in [0, 0.05) is 42.0 Å². The number of nitrogens with two attached hydrogens (primary N) is 1. The van der Waals surface area contributed by atoms with Crippen LogP contribution in [-0.4, -0.2) is 50.7 Å². The van der Waals surface area contributed by atoms with Crippen LogP contribution >= 0.6 is 11.3 Å². The van der Waals surface area contributed by atoms with Gasteiger partial charge < -0.3 is 20.7 Å². The first kappa shape index (κ1) is 21.5. The van der Waals surface area contributed by atoms with Crippen molar-refractivity contribution in [2.45, 2.75) is 52.3 Å². The maximum absolute atomic E-state index is 12.6. The van der Waals surface area contributed by atoms with E-state index in [1.165, 1.54) is 5.56 Å². The molecule has 3 aromatic heterocycles. The number of hydrogen-bond acceptors (Lipinski definition) is 8. The van der Waals surface area contributed by atoms with Gasteiger partial charge in [-0.05, 0) is 51.8 Å². The largest absolute Gasteiger partial charge is 0.444 e. The van der Waals surface area contributed by atoms with E-state index in [0.717, 1.165) is 32.9 Å². The van der Waals surface area contributed by atoms with Gasteiger partial charge in [-0.15, -0.1) is 11.3 Å². The van der Waals surface area contributed by atoms with Crippen molar-refractivity contribution in [3.63, 3.8) is 0 Å². The lowest BCUT2D eigenvalue weighted by Crippen LogP contribution is -2.39. The van der Waals surface area contributed by atoms with E-state index in [1.54, 1.807) is 28.6 Å². The average molecular weight is 441 g/mol. The van der Waals surface area contributed by atoms with E-state index in [0.29, 0.717) is 25.5 Å². The van der Waals surface area contributed by atoms with Gasteiger partial charge in [-0.2, -0.15) is 0 Å². The Hall–Kier alpha value is -2.78. The Morgan fingerprint density at radius 3 is 2.74 bits per heavy atom. The van der Waals surface area contributed by atoms with Crippen molar-refractivity contribution in [3.8, 4) is 11.4 Å². The Morgan fingerprint density at radius 2 is 2.06 bits per heavy atom. The lowest BCUT2D eigenvalue weighted by molar-refractivity contribution is 0.0227. The van der Waals surface area contributed by atoms with E-state index in [4.69, 9.17) is 20.4 Å². The molecule has 31 heavy (non-hydrogen) atoms. The molecular formula is C22H28N6O2S. The van der Waals surface area contributed by atoms with E-state index in [9.17, 15) is 4.79 Å². The van der Waals surface area contributed by atoms with Crippen LogP contribution in [0.5, 0.6) is 0 Å². The van der Waals surface area contributed by atoms with Crippen molar-refractivity contribution in [1.82, 2.24) is 19.9 Å². The fourth-order valence-electron chi connectivity index (χ4n) is 3.49. The monoisotopic (exact) mass is 440 g/mol. The van der Waals surface area contributed by atoms with Crippen molar-refractivity contribution in [2.75, 3.05) is 18.4 Å². The van der Waals surface area contributed by atoms with Crippen LogP contribution in [-0.2, 0) is 17.7 Å². The van der Waals surface area contributed by atoms with E-state index < -0.39 is 5.60 Å². The third kappa shape index (κ3) is 4.77. The number of hydrogen-bond donors (Lipinski definition) is 2. The Balaban J connectivity index is 1.73. The highest BCUT2D eigenvalue weighted by Crippen LogP contribution is 2.39. The van der Waals surface area contributed by atoms with Gasteiger partial charge >= 0.3 is 6.09 Å². The fourth-order valence-corrected chi connectivity index (χ4v) is 4.73. The van der Waals surface area contributed by atoms with E-state index in [-0.39, 0.29) is 12.1 Å². The molecule has 8 nitrogen and oxygen atoms in total. The number of fused-ring (bicyclic) bond motifs is 3. The first-order chi connectivity index (χ1) is 14.7. The molecule has 0 aromatic carbocycles. The molecule has 1 aliphatic heterocycles. The maximum Gasteiger partial charge on any atom is 0.410 e. The molecule has 3 aromatic rings. The van der Waals surface area contributed by atoms with Crippen LogP contribution in [0, 0.1) is 0 Å². The molecule has 4 rings (SSSR count). The van der Waals surface area contributed by atoms with Crippen LogP contribution in [0.2, 0.25) is 0 Å². The predicted molar refractivity (Wildman–Crippen MR) is 123 cm³/mol. The molecule has 0 spiro atoms. The second kappa shape index (κ2) is 8.39. The Bertz CT molecular complexity index is 1090. The normalized spacial score (nSPS) is 14.9. The minimum atomic E-state index is -0.515. The minimum absolute atomic E-state index is 0.00786. The summed E-state index contributed by atoms with van der Waals surface area (Å²) in [6.45, 7) is 9.33. The van der Waals surface area contributed by atoms with Crippen LogP contribution in [0.15, 0.2) is 24.5 Å². The molecule has 3 N–H and O–H groups in total. The summed E-state index contributed by atoms with van der Waals surface area (Å²) in [6.07, 6.45) is 3.92. The fraction of sp³-hybridized carbons (Fsp3) is 0.455. The van der Waals surface area contributed by atoms with Crippen molar-refractivity contribution >= 4 is 33.5 Å². The van der Waals surface area contributed by atoms with Gasteiger partial charge in [-0.25, -0.2) is 14.8 Å². The first-order valence-corrected chi connectivity index (χ1v) is 11.2. The van der Waals surface area contributed by atoms with Crippen molar-refractivity contribution in [1.29, 1.82) is 0 Å². The second-order valence-corrected chi connectivity index (χ2v) is 9.91. The SMILES string of the molecule is CC(N)CNc1nc(-c2ccncc2)nc2sc3c(c12)CCN(C(=O)OC(C)(C)C)C3. The number of thiophene rings is 1. The van der Waals surface area contributed by atoms with Crippen molar-refractivity contribution in [2.24, 2.45) is 5.73 Å². The molecule has 1 aliphatic rings. The number of rotatable bonds is 4. The molecule has 164 valence electrons. The number of nitrogens with one attached hydrogen (secondary N) is 1. The Kier molecular flexibility index (Phi) is 5.81. The highest BCUT2D eigenvalue weighted by atomic mass is 32.1. The zero-order valence-corrected chi connectivity index (χ0v) is 19.1. The number of anilines is 1. The van der Waals surface area contributed by atoms with E-state index in [2.05, 4.69) is 10.3 Å². The summed E-state index contributed by atoms with van der Waals surface area (Å²) >= 11 is 1.61. The maximum atomic E-state index is 12.6. The topological polar surface area (TPSA) is 106 Å². The molecule has 1 atom stereocenters. The van der Waals surface area contributed by atoms with E-state index in [1.807, 2.05) is 39.8 Å². The predicted octanol–water partition coefficient (Wildman–Crippen LogP) is 3.81. The molecule has 0 bridgehead atoms. The van der Waals surface area contributed by atoms with E-state index >= 15 is 0 Å². The number of carbonyl (C=O) groups is 1. The highest BCUT2D eigenvalue weighted by molar-refractivity contribution is 7.19. The summed E-state index contributed by atoms with van der Waals surface area (Å²) < 4.78 is 5.56. The van der Waals surface area contributed by atoms with Crippen LogP contribution in [0.4, 0.5) is 10.6 Å². The molecule has 0 radical (unpaired) electrons. The number of ether oxygens (including phenoxy) is 1. The number of carbonyl (C=O) groups excluding carboxylic acids is 1. The smallest absolute Gasteiger partial charge is 0.410 e. The van der Waals surface area contributed by atoms with Gasteiger partial charge in [-0.3, -0.25) is 4.98 Å². The van der Waals surface area contributed by atoms with Crippen LogP contribution in [0.25, 0.3) is 21.6 Å². The molecule has 1 unspecified atom stereocenters. The molecule has 9 heteroatoms. The summed E-state index contributed by atoms with van der Waals surface area (Å²) in [5.41, 5.74) is 7.57. The summed E-state index contributed by atoms with van der Waals surface area (Å²) in [7, 11) is 0. The standard InChI is InChI=1S/C22H28N6O2S/c1-13(23)11-25-19-17-15-7-10-28(21(29)30-22(2,3)4)12-16(15)31-20(17)27-18(26-19)14-5-8-24-9-6-14/h5-6,8-9,13H,7,10-12,23H2,1-4H3,(H,25,26,27). The summed E-state index contributed by atoms with van der Waals surface area (Å²) in [6, 6.07) is 3.79. The third-order valence-corrected chi connectivity index (χ3v) is 5.99. The Morgan fingerprint density at radius 1 is 1.32 bits per heavy atom. The lowest BCUT2D eigenvalue weighted by atomic mass is 10.0. The molecule has 0 saturated heterocycles. The number of aromatic nitrogens is 3.